The van der Waals surface area contributed by atoms with Crippen LogP contribution in [-0.2, 0) is 10.0 Å². The number of hydrogen-bond acceptors (Lipinski definition) is 3. The van der Waals surface area contributed by atoms with Crippen LogP contribution in [0.3, 0.4) is 0 Å². The number of rotatable bonds is 4. The maximum Gasteiger partial charge on any atom is 0.337 e. The number of anilines is 1. The normalized spacial score (nSPS) is 11.5. The third-order valence-corrected chi connectivity index (χ3v) is 4.48. The predicted octanol–water partition coefficient (Wildman–Crippen LogP) is 2.67. The Bertz CT molecular complexity index is 927. The maximum absolute atomic E-state index is 12.4. The van der Waals surface area contributed by atoms with Crippen molar-refractivity contribution in [2.24, 2.45) is 0 Å². The summed E-state index contributed by atoms with van der Waals surface area (Å²) in [6.07, 6.45) is 0. The number of carboxylic acids is 1. The number of H-pyrrole nitrogens is 1. The van der Waals surface area contributed by atoms with Crippen LogP contribution < -0.4 is 4.72 Å². The number of nitrogens with one attached hydrogen (secondary N) is 2. The number of aromatic carboxylic acids is 1. The number of para-hydroxylation sites is 2. The molecule has 0 aliphatic rings. The molecular formula is C15H12N2O4S. The molecule has 1 heterocycles. The summed E-state index contributed by atoms with van der Waals surface area (Å²) in [7, 11) is -3.90. The molecule has 0 saturated carbocycles. The van der Waals surface area contributed by atoms with Crippen LogP contribution in [0.5, 0.6) is 0 Å². The summed E-state index contributed by atoms with van der Waals surface area (Å²) in [4.78, 5) is 13.9. The van der Waals surface area contributed by atoms with Crippen LogP contribution in [0.1, 0.15) is 10.4 Å². The number of fused-ring (bicyclic) bond motifs is 1. The summed E-state index contributed by atoms with van der Waals surface area (Å²) in [6, 6.07) is 14.5. The first-order valence-electron chi connectivity index (χ1n) is 6.40. The van der Waals surface area contributed by atoms with Crippen LogP contribution in [0.25, 0.3) is 10.9 Å². The molecule has 1 aromatic heterocycles. The summed E-state index contributed by atoms with van der Waals surface area (Å²) in [5.41, 5.74) is 0.602. The molecule has 0 fully saturated rings. The van der Waals surface area contributed by atoms with Gasteiger partial charge in [0.2, 0.25) is 0 Å². The largest absolute Gasteiger partial charge is 0.478 e. The first-order chi connectivity index (χ1) is 10.5. The fourth-order valence-electron chi connectivity index (χ4n) is 2.15. The molecule has 3 aromatic rings. The molecule has 22 heavy (non-hydrogen) atoms. The van der Waals surface area contributed by atoms with E-state index in [2.05, 4.69) is 9.71 Å². The molecule has 2 aromatic carbocycles. The van der Waals surface area contributed by atoms with Crippen LogP contribution in [-0.4, -0.2) is 24.5 Å². The van der Waals surface area contributed by atoms with Crippen molar-refractivity contribution in [1.82, 2.24) is 4.98 Å². The molecule has 6 nitrogen and oxygen atoms in total. The predicted molar refractivity (Wildman–Crippen MR) is 82.5 cm³/mol. The Balaban J connectivity index is 2.02. The van der Waals surface area contributed by atoms with Gasteiger partial charge in [-0.05, 0) is 24.3 Å². The number of sulfonamides is 1. The summed E-state index contributed by atoms with van der Waals surface area (Å²) >= 11 is 0. The van der Waals surface area contributed by atoms with E-state index in [1.54, 1.807) is 30.3 Å². The Morgan fingerprint density at radius 1 is 1.05 bits per heavy atom. The van der Waals surface area contributed by atoms with Crippen LogP contribution >= 0.6 is 0 Å². The zero-order valence-electron chi connectivity index (χ0n) is 11.3. The van der Waals surface area contributed by atoms with E-state index in [1.807, 2.05) is 0 Å². The molecule has 3 rings (SSSR count). The number of carboxylic acid groups (broad SMARTS) is 1. The lowest BCUT2D eigenvalue weighted by atomic mass is 10.2. The van der Waals surface area contributed by atoms with E-state index < -0.39 is 16.0 Å². The fourth-order valence-corrected chi connectivity index (χ4v) is 3.25. The van der Waals surface area contributed by atoms with Crippen molar-refractivity contribution in [3.05, 3.63) is 60.2 Å². The van der Waals surface area contributed by atoms with Gasteiger partial charge in [0.15, 0.2) is 5.03 Å². The smallest absolute Gasteiger partial charge is 0.337 e. The Morgan fingerprint density at radius 3 is 2.45 bits per heavy atom. The fraction of sp³-hybridized carbons (Fsp3) is 0. The molecule has 0 bridgehead atoms. The van der Waals surface area contributed by atoms with E-state index in [0.717, 1.165) is 5.39 Å². The van der Waals surface area contributed by atoms with Gasteiger partial charge in [0.05, 0.1) is 11.3 Å². The van der Waals surface area contributed by atoms with E-state index in [4.69, 9.17) is 5.11 Å². The van der Waals surface area contributed by atoms with Gasteiger partial charge in [-0.3, -0.25) is 4.72 Å². The average molecular weight is 316 g/mol. The molecular weight excluding hydrogens is 304 g/mol. The maximum atomic E-state index is 12.4. The molecule has 0 aliphatic heterocycles. The number of benzene rings is 2. The van der Waals surface area contributed by atoms with Gasteiger partial charge in [0.25, 0.3) is 10.0 Å². The molecule has 0 spiro atoms. The second-order valence-corrected chi connectivity index (χ2v) is 6.33. The summed E-state index contributed by atoms with van der Waals surface area (Å²) < 4.78 is 27.1. The quantitative estimate of drug-likeness (QED) is 0.689. The Hall–Kier alpha value is -2.80. The van der Waals surface area contributed by atoms with Crippen molar-refractivity contribution in [2.45, 2.75) is 5.03 Å². The number of aromatic nitrogens is 1. The van der Waals surface area contributed by atoms with Gasteiger partial charge < -0.3 is 10.1 Å². The molecule has 0 atom stereocenters. The van der Waals surface area contributed by atoms with Crippen molar-refractivity contribution >= 4 is 32.6 Å². The molecule has 7 heteroatoms. The average Bonchev–Trinajstić information content (AvgIpc) is 2.92. The summed E-state index contributed by atoms with van der Waals surface area (Å²) in [5.74, 6) is -1.20. The second-order valence-electron chi connectivity index (χ2n) is 4.68. The van der Waals surface area contributed by atoms with E-state index in [0.29, 0.717) is 5.52 Å². The molecule has 3 N–H and O–H groups in total. The zero-order chi connectivity index (χ0) is 15.7. The van der Waals surface area contributed by atoms with Gasteiger partial charge >= 0.3 is 5.97 Å². The summed E-state index contributed by atoms with van der Waals surface area (Å²) in [5, 5.41) is 9.84. The minimum absolute atomic E-state index is 0.0195. The van der Waals surface area contributed by atoms with E-state index in [9.17, 15) is 13.2 Å². The first-order valence-corrected chi connectivity index (χ1v) is 7.88. The number of carbonyl (C=O) groups is 1. The Kier molecular flexibility index (Phi) is 3.34. The van der Waals surface area contributed by atoms with E-state index >= 15 is 0 Å². The lowest BCUT2D eigenvalue weighted by Gasteiger charge is -2.09. The lowest BCUT2D eigenvalue weighted by Crippen LogP contribution is -2.15. The monoisotopic (exact) mass is 316 g/mol. The van der Waals surface area contributed by atoms with Crippen LogP contribution in [0, 0.1) is 0 Å². The molecule has 112 valence electrons. The standard InChI is InChI=1S/C15H12N2O4S/c18-15(19)11-6-2-4-8-13(11)17-22(20,21)14-9-10-5-1-3-7-12(10)16-14/h1-9,16-17H,(H,18,19). The third kappa shape index (κ3) is 2.53. The number of aromatic amines is 1. The minimum Gasteiger partial charge on any atom is -0.478 e. The highest BCUT2D eigenvalue weighted by molar-refractivity contribution is 7.92. The molecule has 0 unspecified atom stereocenters. The lowest BCUT2D eigenvalue weighted by molar-refractivity contribution is 0.0698. The molecule has 0 aliphatic carbocycles. The van der Waals surface area contributed by atoms with Gasteiger partial charge in [0, 0.05) is 10.9 Å². The van der Waals surface area contributed by atoms with Gasteiger partial charge in [-0.1, -0.05) is 30.3 Å². The summed E-state index contributed by atoms with van der Waals surface area (Å²) in [6.45, 7) is 0. The van der Waals surface area contributed by atoms with Crippen LogP contribution in [0.2, 0.25) is 0 Å². The third-order valence-electron chi connectivity index (χ3n) is 3.20. The minimum atomic E-state index is -3.90. The highest BCUT2D eigenvalue weighted by Gasteiger charge is 2.20. The van der Waals surface area contributed by atoms with Crippen molar-refractivity contribution < 1.29 is 18.3 Å². The van der Waals surface area contributed by atoms with Gasteiger partial charge in [-0.25, -0.2) is 4.79 Å². The topological polar surface area (TPSA) is 99.3 Å². The van der Waals surface area contributed by atoms with Crippen LogP contribution in [0.4, 0.5) is 5.69 Å². The van der Waals surface area contributed by atoms with Crippen molar-refractivity contribution in [2.75, 3.05) is 4.72 Å². The zero-order valence-corrected chi connectivity index (χ0v) is 12.1. The Labute approximate surface area is 126 Å². The molecule has 0 amide bonds. The second kappa shape index (κ2) is 5.19. The van der Waals surface area contributed by atoms with Gasteiger partial charge in [-0.15, -0.1) is 0 Å². The SMILES string of the molecule is O=C(O)c1ccccc1NS(=O)(=O)c1cc2ccccc2[nH]1. The van der Waals surface area contributed by atoms with Crippen molar-refractivity contribution in [3.8, 4) is 0 Å². The van der Waals surface area contributed by atoms with Crippen molar-refractivity contribution in [3.63, 3.8) is 0 Å². The molecule has 0 radical (unpaired) electrons. The highest BCUT2D eigenvalue weighted by atomic mass is 32.2. The van der Waals surface area contributed by atoms with E-state index in [1.165, 1.54) is 24.3 Å². The van der Waals surface area contributed by atoms with Crippen LogP contribution in [0.15, 0.2) is 59.6 Å². The number of hydrogen-bond donors (Lipinski definition) is 3. The molecule has 0 saturated heterocycles. The van der Waals surface area contributed by atoms with E-state index in [-0.39, 0.29) is 16.3 Å². The highest BCUT2D eigenvalue weighted by Crippen LogP contribution is 2.22. The first kappa shape index (κ1) is 14.2. The van der Waals surface area contributed by atoms with Gasteiger partial charge in [0.1, 0.15) is 0 Å². The Morgan fingerprint density at radius 2 is 1.73 bits per heavy atom. The van der Waals surface area contributed by atoms with Gasteiger partial charge in [-0.2, -0.15) is 8.42 Å². The van der Waals surface area contributed by atoms with Crippen molar-refractivity contribution in [1.29, 1.82) is 0 Å².